The normalized spacial score (nSPS) is 12.8. The van der Waals surface area contributed by atoms with E-state index in [-0.39, 0.29) is 0 Å². The van der Waals surface area contributed by atoms with Crippen LogP contribution in [0.25, 0.3) is 32.3 Å². The van der Waals surface area contributed by atoms with Gasteiger partial charge in [-0.2, -0.15) is 0 Å². The summed E-state index contributed by atoms with van der Waals surface area (Å²) in [5, 5.41) is 10.0. The van der Waals surface area contributed by atoms with E-state index in [1.54, 1.807) is 0 Å². The summed E-state index contributed by atoms with van der Waals surface area (Å²) >= 11 is 0. The molecule has 0 saturated heterocycles. The maximum Gasteiger partial charge on any atom is 0.305 e. The monoisotopic (exact) mass is 385 g/mol. The first-order valence-electron chi connectivity index (χ1n) is 9.37. The lowest BCUT2D eigenvalue weighted by molar-refractivity contribution is 0.494. The predicted molar refractivity (Wildman–Crippen MR) is 118 cm³/mol. The second kappa shape index (κ2) is 6.94. The molecule has 0 amide bonds. The summed E-state index contributed by atoms with van der Waals surface area (Å²) < 4.78 is 18.5. The van der Waals surface area contributed by atoms with Crippen molar-refractivity contribution in [2.75, 3.05) is 0 Å². The third kappa shape index (κ3) is 2.93. The molecule has 0 aliphatic heterocycles. The summed E-state index contributed by atoms with van der Waals surface area (Å²) in [7, 11) is -2.42. The largest absolute Gasteiger partial charge is 0.434 e. The number of rotatable bonds is 5. The Kier molecular flexibility index (Phi) is 4.27. The van der Waals surface area contributed by atoms with Crippen LogP contribution in [0.1, 0.15) is 11.1 Å². The summed E-state index contributed by atoms with van der Waals surface area (Å²) in [5.74, 6) is 0.659. The van der Waals surface area contributed by atoms with Gasteiger partial charge in [0.1, 0.15) is 5.75 Å². The van der Waals surface area contributed by atoms with Gasteiger partial charge in [0.2, 0.25) is 0 Å². The van der Waals surface area contributed by atoms with E-state index in [0.29, 0.717) is 12.3 Å². The Morgan fingerprint density at radius 2 is 1.46 bits per heavy atom. The molecule has 28 heavy (non-hydrogen) atoms. The van der Waals surface area contributed by atoms with Crippen LogP contribution in [-0.4, -0.2) is 0 Å². The fourth-order valence-corrected chi connectivity index (χ4v) is 4.69. The Morgan fingerprint density at radius 3 is 2.25 bits per heavy atom. The van der Waals surface area contributed by atoms with E-state index >= 15 is 0 Å². The second-order valence-corrected chi connectivity index (χ2v) is 8.22. The van der Waals surface area contributed by atoms with Crippen molar-refractivity contribution in [1.82, 2.24) is 5.09 Å². The van der Waals surface area contributed by atoms with Gasteiger partial charge in [-0.1, -0.05) is 66.7 Å². The van der Waals surface area contributed by atoms with E-state index in [4.69, 9.17) is 4.52 Å². The van der Waals surface area contributed by atoms with Crippen LogP contribution in [0.5, 0.6) is 5.75 Å². The third-order valence-electron chi connectivity index (χ3n) is 5.38. The van der Waals surface area contributed by atoms with Crippen LogP contribution in [0.3, 0.4) is 0 Å². The lowest BCUT2D eigenvalue weighted by Crippen LogP contribution is -2.07. The van der Waals surface area contributed by atoms with Crippen LogP contribution in [0.2, 0.25) is 0 Å². The summed E-state index contributed by atoms with van der Waals surface area (Å²) in [6.45, 7) is 2.58. The molecule has 5 aromatic carbocycles. The number of hydrogen-bond donors (Lipinski definition) is 1. The topological polar surface area (TPSA) is 38.3 Å². The van der Waals surface area contributed by atoms with Gasteiger partial charge in [0.05, 0.1) is 0 Å². The SMILES string of the molecule is Cc1ccccc1CN[PH](=O)Oc1ccc2ccc3cccc4ccc1c2c34. The first-order valence-corrected chi connectivity index (χ1v) is 10.7. The van der Waals surface area contributed by atoms with Crippen LogP contribution in [0.4, 0.5) is 0 Å². The summed E-state index contributed by atoms with van der Waals surface area (Å²) in [4.78, 5) is 0. The van der Waals surface area contributed by atoms with E-state index in [2.05, 4.69) is 60.5 Å². The minimum atomic E-state index is -2.42. The molecule has 3 nitrogen and oxygen atoms in total. The zero-order chi connectivity index (χ0) is 19.1. The average Bonchev–Trinajstić information content (AvgIpc) is 2.72. The van der Waals surface area contributed by atoms with Gasteiger partial charge in [0.25, 0.3) is 0 Å². The molecule has 0 bridgehead atoms. The van der Waals surface area contributed by atoms with E-state index in [1.807, 2.05) is 30.3 Å². The number of benzene rings is 5. The van der Waals surface area contributed by atoms with Crippen LogP contribution >= 0.6 is 8.18 Å². The van der Waals surface area contributed by atoms with Gasteiger partial charge in [0, 0.05) is 17.3 Å². The third-order valence-corrected chi connectivity index (χ3v) is 6.25. The van der Waals surface area contributed by atoms with Crippen LogP contribution in [0.15, 0.2) is 78.9 Å². The number of aryl methyl sites for hydroxylation is 1. The molecule has 5 rings (SSSR count). The summed E-state index contributed by atoms with van der Waals surface area (Å²) in [6, 6.07) is 26.8. The van der Waals surface area contributed by atoms with Gasteiger partial charge in [0.15, 0.2) is 0 Å². The van der Waals surface area contributed by atoms with Crippen molar-refractivity contribution >= 4 is 40.5 Å². The van der Waals surface area contributed by atoms with Crippen molar-refractivity contribution in [3.8, 4) is 5.75 Å². The quantitative estimate of drug-likeness (QED) is 0.279. The summed E-state index contributed by atoms with van der Waals surface area (Å²) in [6.07, 6.45) is 0. The highest BCUT2D eigenvalue weighted by Crippen LogP contribution is 2.40. The van der Waals surface area contributed by atoms with Gasteiger partial charge >= 0.3 is 8.18 Å². The molecule has 1 N–H and O–H groups in total. The lowest BCUT2D eigenvalue weighted by Gasteiger charge is -2.15. The summed E-state index contributed by atoms with van der Waals surface area (Å²) in [5.41, 5.74) is 2.30. The zero-order valence-corrected chi connectivity index (χ0v) is 16.5. The fourth-order valence-electron chi connectivity index (χ4n) is 3.91. The first-order chi connectivity index (χ1) is 13.7. The van der Waals surface area contributed by atoms with E-state index in [1.165, 1.54) is 32.5 Å². The van der Waals surface area contributed by atoms with Crippen LogP contribution < -0.4 is 9.61 Å². The Balaban J connectivity index is 1.49. The van der Waals surface area contributed by atoms with E-state index in [0.717, 1.165) is 10.9 Å². The fraction of sp³-hybridized carbons (Fsp3) is 0.0833. The highest BCUT2D eigenvalue weighted by molar-refractivity contribution is 7.37. The number of hydrogen-bond acceptors (Lipinski definition) is 2. The molecular formula is C24H20NO2P. The molecule has 4 heteroatoms. The van der Waals surface area contributed by atoms with Gasteiger partial charge in [-0.3, -0.25) is 4.57 Å². The van der Waals surface area contributed by atoms with Crippen LogP contribution in [-0.2, 0) is 11.1 Å². The van der Waals surface area contributed by atoms with Crippen molar-refractivity contribution in [3.63, 3.8) is 0 Å². The molecule has 0 heterocycles. The molecule has 5 aromatic rings. The first kappa shape index (κ1) is 17.2. The maximum absolute atomic E-state index is 12.6. The Morgan fingerprint density at radius 1 is 0.786 bits per heavy atom. The highest BCUT2D eigenvalue weighted by atomic mass is 31.1. The van der Waals surface area contributed by atoms with Gasteiger partial charge < -0.3 is 4.52 Å². The lowest BCUT2D eigenvalue weighted by atomic mass is 9.94. The molecule has 0 fully saturated rings. The standard InChI is InChI=1S/C24H20NO2P/c1-16-5-2-3-6-20(16)15-25-28(26)27-22-14-12-19-10-9-17-7-4-8-18-11-13-21(22)24(19)23(17)18/h2-14,28H,15H2,1H3,(H,25,26). The zero-order valence-electron chi connectivity index (χ0n) is 15.5. The second-order valence-electron chi connectivity index (χ2n) is 7.09. The van der Waals surface area contributed by atoms with Crippen molar-refractivity contribution < 1.29 is 9.09 Å². The van der Waals surface area contributed by atoms with Gasteiger partial charge in [-0.05, 0) is 51.7 Å². The molecule has 0 aliphatic carbocycles. The Bertz CT molecular complexity index is 1310. The Hall–Kier alpha value is -2.87. The molecule has 0 saturated carbocycles. The van der Waals surface area contributed by atoms with Gasteiger partial charge in [-0.25, -0.2) is 5.09 Å². The minimum absolute atomic E-state index is 0.524. The van der Waals surface area contributed by atoms with E-state index < -0.39 is 8.18 Å². The van der Waals surface area contributed by atoms with Crippen molar-refractivity contribution in [1.29, 1.82) is 0 Å². The minimum Gasteiger partial charge on any atom is -0.434 e. The van der Waals surface area contributed by atoms with E-state index in [9.17, 15) is 4.57 Å². The molecule has 0 aliphatic rings. The molecule has 1 unspecified atom stereocenters. The smallest absolute Gasteiger partial charge is 0.305 e. The van der Waals surface area contributed by atoms with Crippen molar-refractivity contribution in [3.05, 3.63) is 90.0 Å². The highest BCUT2D eigenvalue weighted by Gasteiger charge is 2.13. The molecule has 0 radical (unpaired) electrons. The van der Waals surface area contributed by atoms with Crippen molar-refractivity contribution in [2.45, 2.75) is 13.5 Å². The molecule has 0 spiro atoms. The maximum atomic E-state index is 12.6. The number of nitrogens with one attached hydrogen (secondary N) is 1. The predicted octanol–water partition coefficient (Wildman–Crippen LogP) is 6.45. The van der Waals surface area contributed by atoms with Crippen molar-refractivity contribution in [2.24, 2.45) is 0 Å². The van der Waals surface area contributed by atoms with Gasteiger partial charge in [-0.15, -0.1) is 0 Å². The molecular weight excluding hydrogens is 365 g/mol. The molecule has 1 atom stereocenters. The van der Waals surface area contributed by atoms with Crippen LogP contribution in [0, 0.1) is 6.92 Å². The molecule has 0 aromatic heterocycles. The average molecular weight is 385 g/mol. The molecule has 138 valence electrons. The Labute approximate surface area is 164 Å².